The number of hydrogen-bond donors (Lipinski definition) is 6. The van der Waals surface area contributed by atoms with E-state index in [0.29, 0.717) is 29.3 Å². The van der Waals surface area contributed by atoms with E-state index < -0.39 is 58.0 Å². The number of carbonyl (C=O) groups excluding carboxylic acids is 3. The molecule has 1 unspecified atom stereocenters. The largest absolute Gasteiger partial charge is 0.503 e. The predicted molar refractivity (Wildman–Crippen MR) is 151 cm³/mol. The van der Waals surface area contributed by atoms with Crippen LogP contribution in [0.2, 0.25) is 0 Å². The number of nitrogen functional groups attached to an aromatic ring is 1. The number of hydrogen-bond acceptors (Lipinski definition) is 13. The molecule has 2 aliphatic rings. The summed E-state index contributed by atoms with van der Waals surface area (Å²) < 4.78 is 0.215. The van der Waals surface area contributed by atoms with E-state index in [4.69, 9.17) is 5.73 Å². The minimum Gasteiger partial charge on any atom is -0.503 e. The Labute approximate surface area is 248 Å². The van der Waals surface area contributed by atoms with Crippen LogP contribution in [-0.2, 0) is 14.4 Å². The van der Waals surface area contributed by atoms with E-state index in [1.54, 1.807) is 24.5 Å². The highest BCUT2D eigenvalue weighted by Crippen LogP contribution is 2.41. The summed E-state index contributed by atoms with van der Waals surface area (Å²) in [7, 11) is 0. The number of nitrogens with one attached hydrogen (secondary N) is 2. The number of pyridine rings is 2. The van der Waals surface area contributed by atoms with Gasteiger partial charge in [0.1, 0.15) is 22.8 Å². The molecule has 7 N–H and O–H groups in total. The number of carbonyl (C=O) groups is 4. The number of anilines is 1. The van der Waals surface area contributed by atoms with Crippen molar-refractivity contribution in [2.45, 2.75) is 22.4 Å². The van der Waals surface area contributed by atoms with E-state index >= 15 is 0 Å². The number of nitrogens with two attached hydrogens (primary N) is 1. The first-order valence-corrected chi connectivity index (χ1v) is 14.9. The number of thiazole rings is 1. The fourth-order valence-electron chi connectivity index (χ4n) is 4.23. The Balaban J connectivity index is 1.33. The van der Waals surface area contributed by atoms with Gasteiger partial charge in [0.25, 0.3) is 11.8 Å². The third-order valence-electron chi connectivity index (χ3n) is 6.23. The van der Waals surface area contributed by atoms with E-state index in [2.05, 4.69) is 20.6 Å². The molecule has 1 fully saturated rings. The zero-order valence-electron chi connectivity index (χ0n) is 21.2. The van der Waals surface area contributed by atoms with Crippen molar-refractivity contribution in [1.82, 2.24) is 30.2 Å². The number of rotatable bonds is 9. The lowest BCUT2D eigenvalue weighted by Gasteiger charge is -2.49. The second kappa shape index (κ2) is 11.7. The molecule has 218 valence electrons. The van der Waals surface area contributed by atoms with Crippen molar-refractivity contribution in [3.8, 4) is 5.75 Å². The van der Waals surface area contributed by atoms with E-state index in [-0.39, 0.29) is 21.3 Å². The van der Waals surface area contributed by atoms with Gasteiger partial charge in [-0.25, -0.2) is 9.78 Å². The molecule has 2 aliphatic heterocycles. The first-order valence-electron chi connectivity index (χ1n) is 11.9. The minimum absolute atomic E-state index is 0.0236. The molecular formula is C24H21N7O8S3. The number of aliphatic carboxylic acids is 1. The number of nitrogens with zero attached hydrogens (tertiary/aromatic N) is 4. The zero-order chi connectivity index (χ0) is 30.1. The molecule has 3 amide bonds. The normalized spacial score (nSPS) is 18.6. The van der Waals surface area contributed by atoms with Crippen molar-refractivity contribution in [2.75, 3.05) is 17.2 Å². The summed E-state index contributed by atoms with van der Waals surface area (Å²) in [5, 5.41) is 35.1. The van der Waals surface area contributed by atoms with Crippen LogP contribution in [0.1, 0.15) is 22.2 Å². The third-order valence-corrected chi connectivity index (χ3v) is 9.36. The Morgan fingerprint density at radius 1 is 1.24 bits per heavy atom. The molecule has 3 aromatic heterocycles. The van der Waals surface area contributed by atoms with Gasteiger partial charge in [0.15, 0.2) is 16.9 Å². The smallest absolute Gasteiger partial charge is 0.352 e. The molecule has 18 heteroatoms. The van der Waals surface area contributed by atoms with Crippen LogP contribution >= 0.6 is 34.9 Å². The summed E-state index contributed by atoms with van der Waals surface area (Å²) in [6.07, 6.45) is 3.86. The summed E-state index contributed by atoms with van der Waals surface area (Å²) in [6.45, 7) is 0. The van der Waals surface area contributed by atoms with E-state index in [0.717, 1.165) is 21.1 Å². The van der Waals surface area contributed by atoms with Crippen molar-refractivity contribution in [2.24, 2.45) is 0 Å². The van der Waals surface area contributed by atoms with Crippen molar-refractivity contribution in [3.05, 3.63) is 75.1 Å². The van der Waals surface area contributed by atoms with Crippen LogP contribution in [0, 0.1) is 0 Å². The average molecular weight is 632 g/mol. The van der Waals surface area contributed by atoms with Crippen LogP contribution < -0.4 is 21.8 Å². The van der Waals surface area contributed by atoms with Crippen LogP contribution in [0.15, 0.2) is 63.1 Å². The zero-order valence-corrected chi connectivity index (χ0v) is 23.6. The van der Waals surface area contributed by atoms with Crippen molar-refractivity contribution in [3.63, 3.8) is 0 Å². The van der Waals surface area contributed by atoms with E-state index in [1.165, 1.54) is 28.9 Å². The topological polar surface area (TPSA) is 230 Å². The highest BCUT2D eigenvalue weighted by molar-refractivity contribution is 8.01. The molecule has 15 nitrogen and oxygen atoms in total. The van der Waals surface area contributed by atoms with E-state index in [9.17, 15) is 39.4 Å². The van der Waals surface area contributed by atoms with Gasteiger partial charge in [0, 0.05) is 40.2 Å². The quantitative estimate of drug-likeness (QED) is 0.106. The average Bonchev–Trinajstić information content (AvgIpc) is 3.40. The van der Waals surface area contributed by atoms with Gasteiger partial charge in [0.2, 0.25) is 11.3 Å². The molecule has 0 bridgehead atoms. The number of aromatic nitrogens is 3. The maximum atomic E-state index is 13.4. The van der Waals surface area contributed by atoms with Gasteiger partial charge >= 0.3 is 5.97 Å². The van der Waals surface area contributed by atoms with Crippen LogP contribution in [0.3, 0.4) is 0 Å². The van der Waals surface area contributed by atoms with Gasteiger partial charge in [-0.1, -0.05) is 0 Å². The highest BCUT2D eigenvalue weighted by atomic mass is 32.2. The molecule has 0 aromatic carbocycles. The lowest BCUT2D eigenvalue weighted by atomic mass is 10.0. The number of fused-ring (bicyclic) bond motifs is 1. The number of amides is 3. The van der Waals surface area contributed by atoms with Gasteiger partial charge < -0.3 is 31.8 Å². The standard InChI is InChI=1S/C24H21N7O8S3/c25-24-27-12(9-42-24)16(28-19(34)13-5-14(32)15(33)6-30(13)39)20(35)29-17-21(36)31-18(23(37)38)10(8-41-22(17)31)7-40-11-1-3-26-4-2-11/h1-6,9,16-17,22,33,39H,7-8H2,(H2,25,27)(H,28,34)(H,29,35)(H,37,38)/t16?,17-,22-/m1/s1. The molecule has 1 saturated heterocycles. The third kappa shape index (κ3) is 5.63. The number of carboxylic acid groups (broad SMARTS) is 1. The van der Waals surface area contributed by atoms with Crippen molar-refractivity contribution >= 4 is 63.7 Å². The molecule has 5 rings (SSSR count). The summed E-state index contributed by atoms with van der Waals surface area (Å²) in [5.41, 5.74) is 4.62. The van der Waals surface area contributed by atoms with Gasteiger partial charge in [-0.3, -0.25) is 29.1 Å². The molecular weight excluding hydrogens is 611 g/mol. The fraction of sp³-hybridized carbons (Fsp3) is 0.208. The predicted octanol–water partition coefficient (Wildman–Crippen LogP) is 0.227. The molecule has 3 atom stereocenters. The Kier molecular flexibility index (Phi) is 8.10. The Morgan fingerprint density at radius 3 is 2.64 bits per heavy atom. The maximum Gasteiger partial charge on any atom is 0.352 e. The summed E-state index contributed by atoms with van der Waals surface area (Å²) >= 11 is 3.68. The monoisotopic (exact) mass is 631 g/mol. The second-order valence-electron chi connectivity index (χ2n) is 8.89. The van der Waals surface area contributed by atoms with Gasteiger partial charge in [-0.2, -0.15) is 4.73 Å². The molecule has 0 aliphatic carbocycles. The van der Waals surface area contributed by atoms with Crippen LogP contribution in [0.25, 0.3) is 0 Å². The van der Waals surface area contributed by atoms with Crippen LogP contribution in [-0.4, -0.2) is 81.6 Å². The summed E-state index contributed by atoms with van der Waals surface area (Å²) in [5.74, 6) is -4.01. The van der Waals surface area contributed by atoms with Gasteiger partial charge in [0.05, 0.1) is 11.9 Å². The first kappa shape index (κ1) is 29.0. The number of carboxylic acids is 1. The molecule has 0 spiro atoms. The Bertz CT molecular complexity index is 1680. The molecule has 5 heterocycles. The number of β-lactam (4-membered cyclic amide) rings is 1. The van der Waals surface area contributed by atoms with E-state index in [1.807, 2.05) is 0 Å². The van der Waals surface area contributed by atoms with Crippen LogP contribution in [0.5, 0.6) is 5.75 Å². The Hall–Kier alpha value is -4.55. The second-order valence-corrected chi connectivity index (χ2v) is 11.9. The van der Waals surface area contributed by atoms with Gasteiger partial charge in [-0.05, 0) is 17.7 Å². The molecule has 3 aromatic rings. The summed E-state index contributed by atoms with van der Waals surface area (Å²) in [4.78, 5) is 73.4. The number of thioether (sulfide) groups is 2. The maximum absolute atomic E-state index is 13.4. The molecule has 0 radical (unpaired) electrons. The number of aromatic hydroxyl groups is 1. The first-order chi connectivity index (χ1) is 20.0. The molecule has 42 heavy (non-hydrogen) atoms. The van der Waals surface area contributed by atoms with Crippen molar-refractivity contribution in [1.29, 1.82) is 0 Å². The minimum atomic E-state index is -1.51. The lowest BCUT2D eigenvalue weighted by Crippen LogP contribution is -2.71. The summed E-state index contributed by atoms with van der Waals surface area (Å²) in [6, 6.07) is 1.64. The molecule has 0 saturated carbocycles. The van der Waals surface area contributed by atoms with Crippen LogP contribution in [0.4, 0.5) is 5.13 Å². The highest BCUT2D eigenvalue weighted by Gasteiger charge is 2.54. The lowest BCUT2D eigenvalue weighted by molar-refractivity contribution is -0.151. The van der Waals surface area contributed by atoms with Crippen molar-refractivity contribution < 1.29 is 34.6 Å². The fourth-order valence-corrected chi connectivity index (χ4v) is 7.19. The van der Waals surface area contributed by atoms with Gasteiger partial charge in [-0.15, -0.1) is 34.9 Å². The SMILES string of the molecule is Nc1nc(C(NC(=O)c2cc(=O)c(O)cn2O)C(=O)N[C@@H]2C(=O)N3C(C(=O)O)=C(CSc4ccncc4)CS[C@H]23)cs1. The Morgan fingerprint density at radius 2 is 1.98 bits per heavy atom.